The first-order valence-electron chi connectivity index (χ1n) is 7.18. The number of rotatable bonds is 4. The topological polar surface area (TPSA) is 39.2 Å². The molecule has 1 aromatic carbocycles. The average Bonchev–Trinajstić information content (AvgIpc) is 2.47. The van der Waals surface area contributed by atoms with Gasteiger partial charge in [0, 0.05) is 6.42 Å². The Morgan fingerprint density at radius 1 is 1.14 bits per heavy atom. The summed E-state index contributed by atoms with van der Waals surface area (Å²) in [7, 11) is 0. The van der Waals surface area contributed by atoms with Crippen LogP contribution in [-0.4, -0.2) is 10.8 Å². The predicted molar refractivity (Wildman–Crippen MR) is 84.1 cm³/mol. The van der Waals surface area contributed by atoms with Crippen molar-refractivity contribution in [1.82, 2.24) is 4.98 Å². The second-order valence-corrected chi connectivity index (χ2v) is 6.04. The van der Waals surface area contributed by atoms with Crippen molar-refractivity contribution in [3.05, 3.63) is 53.9 Å². The Balaban J connectivity index is 2.17. The number of carbonyl (C=O) groups is 1. The molecule has 3 nitrogen and oxygen atoms in total. The molecule has 0 aliphatic heterocycles. The van der Waals surface area contributed by atoms with Gasteiger partial charge < -0.3 is 4.74 Å². The summed E-state index contributed by atoms with van der Waals surface area (Å²) in [6.07, 6.45) is 2.05. The number of nitrogens with zero attached hydrogens (tertiary/aromatic N) is 1. The smallest absolute Gasteiger partial charge is 0.180 e. The van der Waals surface area contributed by atoms with Gasteiger partial charge in [0.2, 0.25) is 0 Å². The molecule has 110 valence electrons. The SMILES string of the molecule is CCC(=O)c1ccc(Oc2cccc(C(C)(C)C)c2)cn1. The predicted octanol–water partition coefficient (Wildman–Crippen LogP) is 4.76. The van der Waals surface area contributed by atoms with Crippen LogP contribution in [0.2, 0.25) is 0 Å². The van der Waals surface area contributed by atoms with Gasteiger partial charge in [-0.2, -0.15) is 0 Å². The number of carbonyl (C=O) groups excluding carboxylic acids is 1. The van der Waals surface area contributed by atoms with E-state index in [2.05, 4.69) is 31.8 Å². The highest BCUT2D eigenvalue weighted by molar-refractivity contribution is 5.93. The maximum Gasteiger partial charge on any atom is 0.180 e. The molecule has 0 N–H and O–H groups in total. The minimum atomic E-state index is 0.0382. The van der Waals surface area contributed by atoms with Crippen LogP contribution in [-0.2, 0) is 5.41 Å². The molecule has 0 radical (unpaired) electrons. The van der Waals surface area contributed by atoms with Crippen LogP contribution in [0, 0.1) is 0 Å². The third-order valence-corrected chi connectivity index (χ3v) is 3.28. The van der Waals surface area contributed by atoms with Crippen molar-refractivity contribution >= 4 is 5.78 Å². The van der Waals surface area contributed by atoms with Crippen molar-refractivity contribution in [2.75, 3.05) is 0 Å². The van der Waals surface area contributed by atoms with Crippen molar-refractivity contribution in [2.24, 2.45) is 0 Å². The van der Waals surface area contributed by atoms with Gasteiger partial charge in [0.05, 0.1) is 6.20 Å². The van der Waals surface area contributed by atoms with E-state index >= 15 is 0 Å². The van der Waals surface area contributed by atoms with Crippen LogP contribution in [0.15, 0.2) is 42.6 Å². The molecular weight excluding hydrogens is 262 g/mol. The van der Waals surface area contributed by atoms with Crippen molar-refractivity contribution < 1.29 is 9.53 Å². The Kier molecular flexibility index (Phi) is 4.41. The maximum atomic E-state index is 11.5. The third-order valence-electron chi connectivity index (χ3n) is 3.28. The van der Waals surface area contributed by atoms with E-state index < -0.39 is 0 Å². The lowest BCUT2D eigenvalue weighted by Gasteiger charge is -2.19. The van der Waals surface area contributed by atoms with Crippen molar-refractivity contribution in [3.63, 3.8) is 0 Å². The number of ketones is 1. The number of aromatic nitrogens is 1. The van der Waals surface area contributed by atoms with E-state index in [4.69, 9.17) is 4.74 Å². The Morgan fingerprint density at radius 3 is 2.48 bits per heavy atom. The van der Waals surface area contributed by atoms with Crippen LogP contribution < -0.4 is 4.74 Å². The van der Waals surface area contributed by atoms with Crippen LogP contribution in [0.25, 0.3) is 0 Å². The summed E-state index contributed by atoms with van der Waals surface area (Å²) < 4.78 is 5.81. The fourth-order valence-electron chi connectivity index (χ4n) is 1.95. The molecule has 0 fully saturated rings. The second-order valence-electron chi connectivity index (χ2n) is 6.04. The molecule has 21 heavy (non-hydrogen) atoms. The van der Waals surface area contributed by atoms with Gasteiger partial charge in [0.25, 0.3) is 0 Å². The summed E-state index contributed by atoms with van der Waals surface area (Å²) in [6, 6.07) is 11.5. The zero-order valence-corrected chi connectivity index (χ0v) is 13.0. The zero-order valence-electron chi connectivity index (χ0n) is 13.0. The molecule has 0 aliphatic rings. The number of hydrogen-bond acceptors (Lipinski definition) is 3. The molecule has 2 aromatic rings. The van der Waals surface area contributed by atoms with E-state index in [0.29, 0.717) is 17.9 Å². The lowest BCUT2D eigenvalue weighted by atomic mass is 9.87. The normalized spacial score (nSPS) is 11.2. The third kappa shape index (κ3) is 3.91. The second kappa shape index (κ2) is 6.08. The average molecular weight is 283 g/mol. The van der Waals surface area contributed by atoms with E-state index in [0.717, 1.165) is 5.75 Å². The molecule has 0 saturated heterocycles. The molecule has 0 amide bonds. The van der Waals surface area contributed by atoms with Gasteiger partial charge in [-0.25, -0.2) is 4.98 Å². The number of hydrogen-bond donors (Lipinski definition) is 0. The van der Waals surface area contributed by atoms with Crippen LogP contribution in [0.3, 0.4) is 0 Å². The Hall–Kier alpha value is -2.16. The van der Waals surface area contributed by atoms with Gasteiger partial charge in [0.1, 0.15) is 17.2 Å². The van der Waals surface area contributed by atoms with Crippen LogP contribution in [0.5, 0.6) is 11.5 Å². The van der Waals surface area contributed by atoms with Crippen molar-refractivity contribution in [1.29, 1.82) is 0 Å². The first-order valence-corrected chi connectivity index (χ1v) is 7.18. The lowest BCUT2D eigenvalue weighted by molar-refractivity contribution is 0.0983. The molecule has 0 aliphatic carbocycles. The maximum absolute atomic E-state index is 11.5. The Morgan fingerprint density at radius 2 is 1.90 bits per heavy atom. The number of pyridine rings is 1. The highest BCUT2D eigenvalue weighted by Gasteiger charge is 2.14. The summed E-state index contributed by atoms with van der Waals surface area (Å²) in [6.45, 7) is 8.32. The summed E-state index contributed by atoms with van der Waals surface area (Å²) >= 11 is 0. The largest absolute Gasteiger partial charge is 0.456 e. The van der Waals surface area contributed by atoms with Gasteiger partial charge in [0.15, 0.2) is 5.78 Å². The first kappa shape index (κ1) is 15.2. The van der Waals surface area contributed by atoms with Gasteiger partial charge in [-0.15, -0.1) is 0 Å². The number of ether oxygens (including phenoxy) is 1. The standard InChI is InChI=1S/C18H21NO2/c1-5-17(20)16-10-9-15(12-19-16)21-14-8-6-7-13(11-14)18(2,3)4/h6-12H,5H2,1-4H3. The summed E-state index contributed by atoms with van der Waals surface area (Å²) in [4.78, 5) is 15.7. The first-order chi connectivity index (χ1) is 9.90. The van der Waals surface area contributed by atoms with Gasteiger partial charge in [-0.3, -0.25) is 4.79 Å². The van der Waals surface area contributed by atoms with E-state index in [-0.39, 0.29) is 11.2 Å². The summed E-state index contributed by atoms with van der Waals surface area (Å²) in [5, 5.41) is 0. The van der Waals surface area contributed by atoms with Gasteiger partial charge in [-0.1, -0.05) is 39.8 Å². The molecule has 3 heteroatoms. The Labute approximate surface area is 126 Å². The van der Waals surface area contributed by atoms with E-state index in [9.17, 15) is 4.79 Å². The van der Waals surface area contributed by atoms with E-state index in [1.165, 1.54) is 5.56 Å². The molecule has 0 atom stereocenters. The van der Waals surface area contributed by atoms with Crippen LogP contribution in [0.4, 0.5) is 0 Å². The van der Waals surface area contributed by atoms with Crippen molar-refractivity contribution in [3.8, 4) is 11.5 Å². The van der Waals surface area contributed by atoms with Crippen LogP contribution >= 0.6 is 0 Å². The van der Waals surface area contributed by atoms with Crippen LogP contribution in [0.1, 0.15) is 50.2 Å². The molecule has 0 spiro atoms. The van der Waals surface area contributed by atoms with Gasteiger partial charge in [-0.05, 0) is 35.2 Å². The van der Waals surface area contributed by atoms with Crippen molar-refractivity contribution in [2.45, 2.75) is 39.5 Å². The van der Waals surface area contributed by atoms with E-state index in [1.54, 1.807) is 18.3 Å². The highest BCUT2D eigenvalue weighted by Crippen LogP contribution is 2.28. The molecule has 0 unspecified atom stereocenters. The zero-order chi connectivity index (χ0) is 15.5. The fraction of sp³-hybridized carbons (Fsp3) is 0.333. The molecule has 1 heterocycles. The minimum absolute atomic E-state index is 0.0382. The summed E-state index contributed by atoms with van der Waals surface area (Å²) in [5.74, 6) is 1.45. The monoisotopic (exact) mass is 283 g/mol. The quantitative estimate of drug-likeness (QED) is 0.759. The van der Waals surface area contributed by atoms with Gasteiger partial charge >= 0.3 is 0 Å². The molecule has 0 bridgehead atoms. The summed E-state index contributed by atoms with van der Waals surface area (Å²) in [5.41, 5.74) is 1.77. The molecule has 0 saturated carbocycles. The molecule has 1 aromatic heterocycles. The Bertz CT molecular complexity index is 624. The molecule has 2 rings (SSSR count). The minimum Gasteiger partial charge on any atom is -0.456 e. The number of benzene rings is 1. The number of Topliss-reactive ketones (excluding diaryl/α,β-unsaturated/α-hetero) is 1. The lowest BCUT2D eigenvalue weighted by Crippen LogP contribution is -2.10. The van der Waals surface area contributed by atoms with E-state index in [1.807, 2.05) is 25.1 Å². The fourth-order valence-corrected chi connectivity index (χ4v) is 1.95. The molecular formula is C18H21NO2. The highest BCUT2D eigenvalue weighted by atomic mass is 16.5.